The van der Waals surface area contributed by atoms with Gasteiger partial charge in [-0.05, 0) is 30.0 Å². The van der Waals surface area contributed by atoms with Crippen LogP contribution in [-0.2, 0) is 0 Å². The molecule has 5 heteroatoms. The molecule has 1 aliphatic rings. The number of hydrogen-bond donors (Lipinski definition) is 0. The van der Waals surface area contributed by atoms with Crippen LogP contribution in [0.4, 0.5) is 8.78 Å². The van der Waals surface area contributed by atoms with E-state index in [-0.39, 0.29) is 18.8 Å². The van der Waals surface area contributed by atoms with Crippen molar-refractivity contribution in [2.75, 3.05) is 0 Å². The molecule has 2 aromatic heterocycles. The first-order valence-electron chi connectivity index (χ1n) is 5.82. The third-order valence-electron chi connectivity index (χ3n) is 3.42. The number of hydrogen-bond acceptors (Lipinski definition) is 3. The molecule has 2 nitrogen and oxygen atoms in total. The molecule has 0 N–H and O–H groups in total. The Morgan fingerprint density at radius 1 is 1.44 bits per heavy atom. The predicted octanol–water partition coefficient (Wildman–Crippen LogP) is 4.14. The molecule has 2 aromatic rings. The second kappa shape index (κ2) is 4.09. The summed E-state index contributed by atoms with van der Waals surface area (Å²) in [7, 11) is 0. The molecule has 1 aliphatic carbocycles. The molecule has 1 saturated carbocycles. The zero-order valence-electron chi connectivity index (χ0n) is 9.70. The molecule has 0 aliphatic heterocycles. The molecule has 0 radical (unpaired) electrons. The summed E-state index contributed by atoms with van der Waals surface area (Å²) in [6.45, 7) is 3.95. The maximum atomic E-state index is 13.2. The smallest absolute Gasteiger partial charge is 0.243 e. The molecule has 94 valence electrons. The molecule has 0 bridgehead atoms. The minimum Gasteiger partial charge on any atom is -0.243 e. The van der Waals surface area contributed by atoms with Gasteiger partial charge < -0.3 is 0 Å². The highest BCUT2D eigenvalue weighted by Gasteiger charge is 2.40. The number of fused-ring (bicyclic) bond motifs is 1. The second-order valence-corrected chi connectivity index (χ2v) is 5.53. The molecule has 3 rings (SSSR count). The Morgan fingerprint density at radius 3 is 3.00 bits per heavy atom. The summed E-state index contributed by atoms with van der Waals surface area (Å²) in [4.78, 5) is 9.42. The van der Waals surface area contributed by atoms with Gasteiger partial charge in [-0.2, -0.15) is 0 Å². The third-order valence-corrected chi connectivity index (χ3v) is 4.16. The number of pyridine rings is 1. The van der Waals surface area contributed by atoms with Crippen LogP contribution in [0.1, 0.15) is 25.0 Å². The lowest BCUT2D eigenvalue weighted by Gasteiger charge is -2.13. The van der Waals surface area contributed by atoms with Crippen molar-refractivity contribution in [1.82, 2.24) is 9.97 Å². The molecule has 1 atom stereocenters. The van der Waals surface area contributed by atoms with Gasteiger partial charge >= 0.3 is 0 Å². The van der Waals surface area contributed by atoms with E-state index in [1.165, 1.54) is 11.3 Å². The molecule has 1 fully saturated rings. The summed E-state index contributed by atoms with van der Waals surface area (Å²) in [6, 6.07) is 3.69. The van der Waals surface area contributed by atoms with E-state index in [0.717, 1.165) is 21.6 Å². The highest BCUT2D eigenvalue weighted by Crippen LogP contribution is 2.44. The van der Waals surface area contributed by atoms with Crippen molar-refractivity contribution in [3.63, 3.8) is 0 Å². The van der Waals surface area contributed by atoms with Gasteiger partial charge in [0.25, 0.3) is 0 Å². The molecular formula is C13H12F2N2S. The summed E-state index contributed by atoms with van der Waals surface area (Å²) >= 11 is 1.45. The topological polar surface area (TPSA) is 25.8 Å². The third kappa shape index (κ3) is 2.03. The van der Waals surface area contributed by atoms with Gasteiger partial charge in [0.2, 0.25) is 5.92 Å². The summed E-state index contributed by atoms with van der Waals surface area (Å²) < 4.78 is 26.4. The van der Waals surface area contributed by atoms with Crippen LogP contribution in [0.2, 0.25) is 0 Å². The Labute approximate surface area is 107 Å². The number of halogens is 2. The largest absolute Gasteiger partial charge is 0.248 e. The molecule has 18 heavy (non-hydrogen) atoms. The first-order chi connectivity index (χ1) is 8.55. The van der Waals surface area contributed by atoms with Gasteiger partial charge in [0.1, 0.15) is 4.83 Å². The Bertz CT molecular complexity index is 606. The molecule has 1 unspecified atom stereocenters. The Hall–Kier alpha value is -1.36. The first kappa shape index (κ1) is 11.7. The Kier molecular flexibility index (Phi) is 2.66. The fourth-order valence-corrected chi connectivity index (χ4v) is 3.05. The van der Waals surface area contributed by atoms with Crippen molar-refractivity contribution in [2.24, 2.45) is 5.92 Å². The highest BCUT2D eigenvalue weighted by molar-refractivity contribution is 7.16. The van der Waals surface area contributed by atoms with Gasteiger partial charge in [-0.1, -0.05) is 6.58 Å². The first-order valence-corrected chi connectivity index (χ1v) is 6.70. The maximum Gasteiger partial charge on any atom is 0.248 e. The summed E-state index contributed by atoms with van der Waals surface area (Å²) in [5.41, 5.74) is 4.01. The van der Waals surface area contributed by atoms with E-state index in [1.54, 1.807) is 5.51 Å². The van der Waals surface area contributed by atoms with Crippen LogP contribution in [0, 0.1) is 5.92 Å². The number of alkyl halides is 2. The zero-order valence-corrected chi connectivity index (χ0v) is 10.5. The van der Waals surface area contributed by atoms with E-state index >= 15 is 0 Å². The van der Waals surface area contributed by atoms with E-state index in [0.29, 0.717) is 6.42 Å². The Morgan fingerprint density at radius 2 is 2.28 bits per heavy atom. The fourth-order valence-electron chi connectivity index (χ4n) is 2.39. The van der Waals surface area contributed by atoms with Crippen molar-refractivity contribution in [2.45, 2.75) is 25.2 Å². The van der Waals surface area contributed by atoms with Crippen LogP contribution >= 0.6 is 11.3 Å². The van der Waals surface area contributed by atoms with Gasteiger partial charge in [-0.25, -0.2) is 18.7 Å². The quantitative estimate of drug-likeness (QED) is 0.816. The van der Waals surface area contributed by atoms with E-state index in [1.807, 2.05) is 12.1 Å². The lowest BCUT2D eigenvalue weighted by molar-refractivity contribution is 0.00708. The fraction of sp³-hybridized carbons (Fsp3) is 0.385. The van der Waals surface area contributed by atoms with Gasteiger partial charge in [-0.15, -0.1) is 11.3 Å². The maximum absolute atomic E-state index is 13.2. The van der Waals surface area contributed by atoms with Crippen molar-refractivity contribution in [3.05, 3.63) is 29.9 Å². The monoisotopic (exact) mass is 266 g/mol. The molecule has 0 amide bonds. The minimum atomic E-state index is -2.54. The van der Waals surface area contributed by atoms with Crippen LogP contribution < -0.4 is 0 Å². The summed E-state index contributed by atoms with van der Waals surface area (Å²) in [6.07, 6.45) is 0.349. The Balaban J connectivity index is 1.88. The predicted molar refractivity (Wildman–Crippen MR) is 68.7 cm³/mol. The van der Waals surface area contributed by atoms with Gasteiger partial charge in [-0.3, -0.25) is 0 Å². The lowest BCUT2D eigenvalue weighted by atomic mass is 9.96. The number of rotatable bonds is 2. The average Bonchev–Trinajstić information content (AvgIpc) is 2.93. The zero-order chi connectivity index (χ0) is 12.8. The minimum absolute atomic E-state index is 0.0422. The molecule has 0 saturated heterocycles. The van der Waals surface area contributed by atoms with E-state index in [4.69, 9.17) is 0 Å². The van der Waals surface area contributed by atoms with Crippen molar-refractivity contribution < 1.29 is 8.78 Å². The van der Waals surface area contributed by atoms with E-state index < -0.39 is 5.92 Å². The van der Waals surface area contributed by atoms with Crippen LogP contribution in [0.25, 0.3) is 15.9 Å². The van der Waals surface area contributed by atoms with Gasteiger partial charge in [0.15, 0.2) is 0 Å². The number of allylic oxidation sites excluding steroid dienone is 1. The second-order valence-electron chi connectivity index (χ2n) is 4.69. The van der Waals surface area contributed by atoms with Crippen LogP contribution in [-0.4, -0.2) is 15.9 Å². The number of nitrogens with zero attached hydrogens (tertiary/aromatic N) is 2. The highest BCUT2D eigenvalue weighted by atomic mass is 32.1. The molecule has 0 spiro atoms. The van der Waals surface area contributed by atoms with Gasteiger partial charge in [0, 0.05) is 12.8 Å². The number of thiazole rings is 1. The van der Waals surface area contributed by atoms with Crippen molar-refractivity contribution in [3.8, 4) is 0 Å². The van der Waals surface area contributed by atoms with E-state index in [9.17, 15) is 8.78 Å². The molecule has 0 aromatic carbocycles. The summed E-state index contributed by atoms with van der Waals surface area (Å²) in [5, 5.41) is 0. The SMILES string of the molecule is C=C(c1ccc2ncsc2n1)C1CCC(F)(F)C1. The van der Waals surface area contributed by atoms with Crippen LogP contribution in [0.15, 0.2) is 24.2 Å². The van der Waals surface area contributed by atoms with Crippen LogP contribution in [0.3, 0.4) is 0 Å². The standard InChI is InChI=1S/C13H12F2N2S/c1-8(9-4-5-13(14,15)6-9)10-2-3-11-12(17-10)18-7-16-11/h2-3,7,9H,1,4-6H2. The summed E-state index contributed by atoms with van der Waals surface area (Å²) in [5.74, 6) is -2.69. The van der Waals surface area contributed by atoms with Crippen LogP contribution in [0.5, 0.6) is 0 Å². The average molecular weight is 266 g/mol. The normalized spacial score (nSPS) is 22.4. The molecular weight excluding hydrogens is 254 g/mol. The van der Waals surface area contributed by atoms with E-state index in [2.05, 4.69) is 16.5 Å². The number of aromatic nitrogens is 2. The molecule has 2 heterocycles. The lowest BCUT2D eigenvalue weighted by Crippen LogP contribution is -2.10. The van der Waals surface area contributed by atoms with Crippen molar-refractivity contribution in [1.29, 1.82) is 0 Å². The van der Waals surface area contributed by atoms with Crippen molar-refractivity contribution >= 4 is 27.3 Å². The van der Waals surface area contributed by atoms with Gasteiger partial charge in [0.05, 0.1) is 16.7 Å².